The molecule has 1 unspecified atom stereocenters. The lowest BCUT2D eigenvalue weighted by Crippen LogP contribution is -2.68. The van der Waals surface area contributed by atoms with Crippen molar-refractivity contribution >= 4 is 40.0 Å². The number of hydrogen-bond acceptors (Lipinski definition) is 10. The van der Waals surface area contributed by atoms with E-state index in [-0.39, 0.29) is 23.7 Å². The van der Waals surface area contributed by atoms with Crippen LogP contribution in [0.25, 0.3) is 22.1 Å². The highest BCUT2D eigenvalue weighted by Gasteiger charge is 2.50. The highest BCUT2D eigenvalue weighted by Crippen LogP contribution is 2.35. The predicted molar refractivity (Wildman–Crippen MR) is 181 cm³/mol. The molecule has 13 heteroatoms. The van der Waals surface area contributed by atoms with Crippen LogP contribution in [-0.4, -0.2) is 87.4 Å². The van der Waals surface area contributed by atoms with Crippen LogP contribution in [-0.2, 0) is 21.3 Å². The molecule has 13 nitrogen and oxygen atoms in total. The quantitative estimate of drug-likeness (QED) is 0.211. The second kappa shape index (κ2) is 13.9. The van der Waals surface area contributed by atoms with Crippen LogP contribution < -0.4 is 15.4 Å². The van der Waals surface area contributed by atoms with E-state index in [4.69, 9.17) is 23.8 Å². The fraction of sp³-hybridized carbons (Fsp3) is 0.400. The molecule has 5 aromatic rings. The van der Waals surface area contributed by atoms with Crippen LogP contribution in [0, 0.1) is 25.7 Å². The number of nitrogens with zero attached hydrogens (tertiary/aromatic N) is 6. The number of H-pyrrole nitrogens is 1. The Labute approximate surface area is 277 Å². The minimum absolute atomic E-state index is 0.0627. The van der Waals surface area contributed by atoms with E-state index in [9.17, 15) is 4.79 Å². The molecule has 3 fully saturated rings. The molecule has 48 heavy (non-hydrogen) atoms. The fourth-order valence-corrected chi connectivity index (χ4v) is 6.25. The molecule has 1 atom stereocenters. The number of hydrogen-bond donors (Lipinski definition) is 2. The number of ether oxygens (including phenoxy) is 2. The van der Waals surface area contributed by atoms with Gasteiger partial charge in [0.2, 0.25) is 0 Å². The summed E-state index contributed by atoms with van der Waals surface area (Å²) in [5.74, 6) is 7.91. The largest absolute Gasteiger partial charge is 0.483 e. The van der Waals surface area contributed by atoms with E-state index in [1.54, 1.807) is 10.9 Å². The maximum Gasteiger partial charge on any atom is 0.290 e. The summed E-state index contributed by atoms with van der Waals surface area (Å²) >= 11 is 0. The molecule has 1 aromatic carbocycles. The van der Waals surface area contributed by atoms with E-state index >= 15 is 0 Å². The summed E-state index contributed by atoms with van der Waals surface area (Å²) in [5.41, 5.74) is 5.36. The van der Waals surface area contributed by atoms with Crippen LogP contribution in [0.2, 0.25) is 0 Å². The van der Waals surface area contributed by atoms with Gasteiger partial charge in [0.15, 0.2) is 11.4 Å². The van der Waals surface area contributed by atoms with Crippen molar-refractivity contribution < 1.29 is 23.8 Å². The first-order valence-corrected chi connectivity index (χ1v) is 16.0. The van der Waals surface area contributed by atoms with E-state index in [1.807, 2.05) is 51.2 Å². The molecule has 3 saturated heterocycles. The van der Waals surface area contributed by atoms with Crippen LogP contribution in [0.4, 0.5) is 11.5 Å². The van der Waals surface area contributed by atoms with Gasteiger partial charge in [-0.1, -0.05) is 18.1 Å². The number of fused-ring (bicyclic) bond motifs is 3. The van der Waals surface area contributed by atoms with Crippen molar-refractivity contribution in [1.82, 2.24) is 24.7 Å². The summed E-state index contributed by atoms with van der Waals surface area (Å²) in [6.45, 7) is 10.3. The van der Waals surface area contributed by atoms with Gasteiger partial charge in [0, 0.05) is 49.5 Å². The molecule has 0 saturated carbocycles. The summed E-state index contributed by atoms with van der Waals surface area (Å²) < 4.78 is 19.1. The van der Waals surface area contributed by atoms with Crippen LogP contribution >= 0.6 is 0 Å². The standard InChI is InChI=1S/C19H22N4O3.C15H15N3O.CH2O2/c1-13-8-16(21-22(13)3)5-4-15-9-17(18(24)20-10-15)23-6-7-26-19(14(23)2)11-25-12-19;1-10-16-13-11-6-2-3-7-12(11)19-14(13)15(17-10)18-8-4-5-9-18;2-1-3/h8-10,14H,6-7,11-12H2,1-3H3,(H,20,24);2-3,6-7H,4-5,8-9H2,1H3;1H,(H,2,3). The van der Waals surface area contributed by atoms with E-state index in [1.165, 1.54) is 12.8 Å². The third-order valence-electron chi connectivity index (χ3n) is 9.00. The molecule has 1 spiro atoms. The maximum absolute atomic E-state index is 12.4. The number of aromatic nitrogens is 5. The first-order valence-electron chi connectivity index (χ1n) is 16.0. The van der Waals surface area contributed by atoms with Gasteiger partial charge in [-0.3, -0.25) is 14.3 Å². The van der Waals surface area contributed by atoms with Crippen molar-refractivity contribution in [2.24, 2.45) is 7.05 Å². The van der Waals surface area contributed by atoms with Crippen molar-refractivity contribution in [3.8, 4) is 11.8 Å². The lowest BCUT2D eigenvalue weighted by Gasteiger charge is -2.53. The summed E-state index contributed by atoms with van der Waals surface area (Å²) in [5, 5.41) is 12.3. The second-order valence-electron chi connectivity index (χ2n) is 12.1. The Morgan fingerprint density at radius 3 is 2.52 bits per heavy atom. The summed E-state index contributed by atoms with van der Waals surface area (Å²) in [7, 11) is 1.89. The van der Waals surface area contributed by atoms with Crippen LogP contribution in [0.3, 0.4) is 0 Å². The first-order chi connectivity index (χ1) is 23.2. The number of aromatic amines is 1. The smallest absolute Gasteiger partial charge is 0.290 e. The highest BCUT2D eigenvalue weighted by molar-refractivity contribution is 6.05. The number of furan rings is 1. The number of carboxylic acid groups (broad SMARTS) is 1. The number of morpholine rings is 1. The van der Waals surface area contributed by atoms with E-state index in [0.717, 1.165) is 58.1 Å². The van der Waals surface area contributed by atoms with E-state index < -0.39 is 0 Å². The molecule has 0 bridgehead atoms. The maximum atomic E-state index is 12.4. The van der Waals surface area contributed by atoms with Crippen molar-refractivity contribution in [2.75, 3.05) is 49.3 Å². The molecule has 4 aromatic heterocycles. The number of carbonyl (C=O) groups is 1. The summed E-state index contributed by atoms with van der Waals surface area (Å²) in [6, 6.07) is 11.9. The number of nitrogens with one attached hydrogen (secondary N) is 1. The van der Waals surface area contributed by atoms with Crippen molar-refractivity contribution in [3.05, 3.63) is 75.7 Å². The Morgan fingerprint density at radius 1 is 1.08 bits per heavy atom. The number of aryl methyl sites for hydroxylation is 3. The minimum atomic E-state index is -0.308. The van der Waals surface area contributed by atoms with Crippen molar-refractivity contribution in [3.63, 3.8) is 0 Å². The van der Waals surface area contributed by atoms with E-state index in [0.29, 0.717) is 37.7 Å². The molecular weight excluding hydrogens is 614 g/mol. The van der Waals surface area contributed by atoms with Crippen LogP contribution in [0.15, 0.2) is 51.8 Å². The molecule has 8 rings (SSSR count). The van der Waals surface area contributed by atoms with Crippen molar-refractivity contribution in [1.29, 1.82) is 0 Å². The van der Waals surface area contributed by atoms with Gasteiger partial charge in [-0.15, -0.1) is 0 Å². The highest BCUT2D eigenvalue weighted by atomic mass is 16.6. The number of benzene rings is 1. The fourth-order valence-electron chi connectivity index (χ4n) is 6.25. The van der Waals surface area contributed by atoms with Crippen LogP contribution in [0.5, 0.6) is 0 Å². The van der Waals surface area contributed by atoms with Crippen LogP contribution in [0.1, 0.15) is 42.5 Å². The topological polar surface area (TPSA) is 152 Å². The lowest BCUT2D eigenvalue weighted by atomic mass is 9.90. The minimum Gasteiger partial charge on any atom is -0.483 e. The molecule has 0 aliphatic carbocycles. The number of anilines is 2. The molecular formula is C35H39N7O6. The Morgan fingerprint density at radius 2 is 1.83 bits per heavy atom. The summed E-state index contributed by atoms with van der Waals surface area (Å²) in [4.78, 5) is 37.2. The average Bonchev–Trinajstić information content (AvgIpc) is 3.80. The number of pyridine rings is 1. The van der Waals surface area contributed by atoms with Gasteiger partial charge in [-0.05, 0) is 63.8 Å². The Bertz CT molecular complexity index is 2030. The monoisotopic (exact) mass is 653 g/mol. The molecule has 2 N–H and O–H groups in total. The van der Waals surface area contributed by atoms with Gasteiger partial charge in [-0.2, -0.15) is 5.10 Å². The molecule has 250 valence electrons. The van der Waals surface area contributed by atoms with Gasteiger partial charge in [0.25, 0.3) is 12.0 Å². The van der Waals surface area contributed by atoms with Crippen molar-refractivity contribution in [2.45, 2.75) is 45.3 Å². The van der Waals surface area contributed by atoms with Gasteiger partial charge in [0.05, 0.1) is 25.9 Å². The predicted octanol–water partition coefficient (Wildman–Crippen LogP) is 3.80. The number of para-hydroxylation sites is 1. The van der Waals surface area contributed by atoms with Gasteiger partial charge in [-0.25, -0.2) is 9.97 Å². The average molecular weight is 654 g/mol. The number of rotatable bonds is 2. The zero-order valence-corrected chi connectivity index (χ0v) is 27.5. The van der Waals surface area contributed by atoms with Gasteiger partial charge < -0.3 is 33.8 Å². The third kappa shape index (κ3) is 6.49. The molecule has 3 aliphatic heterocycles. The molecule has 0 radical (unpaired) electrons. The molecule has 7 heterocycles. The summed E-state index contributed by atoms with van der Waals surface area (Å²) in [6.07, 6.45) is 4.09. The second-order valence-corrected chi connectivity index (χ2v) is 12.1. The Hall–Kier alpha value is -5.19. The lowest BCUT2D eigenvalue weighted by molar-refractivity contribution is -0.228. The zero-order chi connectivity index (χ0) is 33.8. The van der Waals surface area contributed by atoms with Gasteiger partial charge in [0.1, 0.15) is 33.9 Å². The normalized spacial score (nSPS) is 18.0. The third-order valence-corrected chi connectivity index (χ3v) is 9.00. The Balaban J connectivity index is 0.000000161. The first kappa shape index (κ1) is 32.7. The van der Waals surface area contributed by atoms with Gasteiger partial charge >= 0.3 is 0 Å². The Kier molecular flexibility index (Phi) is 9.47. The zero-order valence-electron chi connectivity index (χ0n) is 27.5. The molecule has 3 aliphatic rings. The molecule has 0 amide bonds. The van der Waals surface area contributed by atoms with E-state index in [2.05, 4.69) is 54.7 Å². The SMILES string of the molecule is Cc1cc(C#Cc2c[nH]c(=O)c(N3CCOC4(COC4)C3C)c2)nn1C.Cc1nc(N2CCCC2)c2oc3ccccc3c2n1.O=CO.